The van der Waals surface area contributed by atoms with Gasteiger partial charge in [-0.1, -0.05) is 94.2 Å². The third kappa shape index (κ3) is 20.4. The number of carboxylic acid groups (broad SMARTS) is 1. The molecular weight excluding hydrogens is 963 g/mol. The summed E-state index contributed by atoms with van der Waals surface area (Å²) >= 11 is 1.38. The second-order valence-electron chi connectivity index (χ2n) is 20.4. The quantitative estimate of drug-likeness (QED) is 0.0500. The van der Waals surface area contributed by atoms with Gasteiger partial charge in [-0.3, -0.25) is 38.4 Å². The van der Waals surface area contributed by atoms with E-state index in [1.54, 1.807) is 53.0 Å². The number of aliphatic carboxylic acids is 1. The minimum absolute atomic E-state index is 0.0412. The largest absolute Gasteiger partial charge is 0.508 e. The number of aromatic hydroxyl groups is 1. The maximum Gasteiger partial charge on any atom is 0.326 e. The molecule has 0 aromatic heterocycles. The molecule has 0 bridgehead atoms. The molecule has 1 saturated heterocycles. The molecule has 2 rings (SSSR count). The molecule has 22 heteroatoms. The Hall–Kier alpha value is -5.48. The van der Waals surface area contributed by atoms with E-state index in [1.165, 1.54) is 28.8 Å². The molecule has 0 aliphatic carbocycles. The predicted octanol–water partition coefficient (Wildman–Crippen LogP) is 1.32. The van der Waals surface area contributed by atoms with Gasteiger partial charge in [0.25, 0.3) is 0 Å². The molecule has 0 unspecified atom stereocenters. The molecule has 1 aromatic carbocycles. The van der Waals surface area contributed by atoms with Crippen molar-refractivity contribution in [3.8, 4) is 5.75 Å². The highest BCUT2D eigenvalue weighted by molar-refractivity contribution is 7.98. The summed E-state index contributed by atoms with van der Waals surface area (Å²) in [6, 6.07) is -4.80. The van der Waals surface area contributed by atoms with Gasteiger partial charge in [0, 0.05) is 13.0 Å². The summed E-state index contributed by atoms with van der Waals surface area (Å²) < 4.78 is 0. The van der Waals surface area contributed by atoms with Crippen LogP contribution >= 0.6 is 11.8 Å². The summed E-state index contributed by atoms with van der Waals surface area (Å²) in [6.07, 6.45) is 3.74. The Morgan fingerprint density at radius 2 is 1.12 bits per heavy atom. The van der Waals surface area contributed by atoms with Crippen molar-refractivity contribution in [2.24, 2.45) is 35.3 Å². The number of benzene rings is 1. The summed E-state index contributed by atoms with van der Waals surface area (Å²) in [5.74, 6) is -7.89. The fourth-order valence-electron chi connectivity index (χ4n) is 8.20. The van der Waals surface area contributed by atoms with Gasteiger partial charge in [0.1, 0.15) is 54.1 Å². The molecule has 0 spiro atoms. The average molecular weight is 1050 g/mol. The van der Waals surface area contributed by atoms with Gasteiger partial charge in [-0.05, 0) is 91.4 Å². The van der Waals surface area contributed by atoms with E-state index >= 15 is 0 Å². The fourth-order valence-corrected chi connectivity index (χ4v) is 8.67. The van der Waals surface area contributed by atoms with Gasteiger partial charge < -0.3 is 63.2 Å². The number of aliphatic hydroxyl groups excluding tert-OH is 1. The van der Waals surface area contributed by atoms with Crippen LogP contribution in [0, 0.1) is 29.6 Å². The molecule has 8 amide bonds. The first kappa shape index (κ1) is 63.6. The molecule has 1 aliphatic heterocycles. The van der Waals surface area contributed by atoms with Crippen LogP contribution in [0.1, 0.15) is 120 Å². The van der Waals surface area contributed by atoms with Crippen molar-refractivity contribution >= 4 is 65.0 Å². The van der Waals surface area contributed by atoms with Gasteiger partial charge in [-0.15, -0.1) is 0 Å². The van der Waals surface area contributed by atoms with E-state index in [4.69, 9.17) is 5.73 Å². The number of rotatable bonds is 31. The molecule has 1 fully saturated rings. The zero-order valence-electron chi connectivity index (χ0n) is 44.6. The molecule has 0 saturated carbocycles. The van der Waals surface area contributed by atoms with E-state index in [0.29, 0.717) is 43.5 Å². The van der Waals surface area contributed by atoms with E-state index in [1.807, 2.05) is 34.6 Å². The summed E-state index contributed by atoms with van der Waals surface area (Å²) in [5, 5.41) is 48.9. The Morgan fingerprint density at radius 3 is 1.63 bits per heavy atom. The lowest BCUT2D eigenvalue weighted by Gasteiger charge is -2.31. The zero-order valence-corrected chi connectivity index (χ0v) is 45.4. The van der Waals surface area contributed by atoms with Gasteiger partial charge in [0.05, 0.1) is 12.6 Å². The first-order chi connectivity index (χ1) is 34.3. The number of aliphatic hydroxyl groups is 1. The second kappa shape index (κ2) is 31.3. The molecule has 12 N–H and O–H groups in total. The van der Waals surface area contributed by atoms with E-state index in [0.717, 1.165) is 0 Å². The van der Waals surface area contributed by atoms with Gasteiger partial charge in [0.15, 0.2) is 0 Å². The summed E-state index contributed by atoms with van der Waals surface area (Å²) in [4.78, 5) is 125. The topological polar surface area (TPSA) is 328 Å². The maximum absolute atomic E-state index is 14.3. The Labute approximate surface area is 435 Å². The third-order valence-electron chi connectivity index (χ3n) is 13.2. The monoisotopic (exact) mass is 1050 g/mol. The zero-order chi connectivity index (χ0) is 55.3. The molecule has 0 radical (unpaired) electrons. The van der Waals surface area contributed by atoms with E-state index in [2.05, 4.69) is 37.2 Å². The van der Waals surface area contributed by atoms with Crippen molar-refractivity contribution in [1.29, 1.82) is 0 Å². The highest BCUT2D eigenvalue weighted by Crippen LogP contribution is 2.21. The maximum atomic E-state index is 14.3. The van der Waals surface area contributed by atoms with Crippen LogP contribution in [0.5, 0.6) is 5.75 Å². The lowest BCUT2D eigenvalue weighted by Crippen LogP contribution is -2.62. The van der Waals surface area contributed by atoms with Crippen LogP contribution in [0.15, 0.2) is 24.3 Å². The number of amides is 8. The molecule has 73 heavy (non-hydrogen) atoms. The van der Waals surface area contributed by atoms with Gasteiger partial charge in [-0.25, -0.2) is 4.79 Å². The molecular formula is C51H85N9O12S. The number of nitrogens with zero attached hydrogens (tertiary/aromatic N) is 1. The smallest absolute Gasteiger partial charge is 0.326 e. The van der Waals surface area contributed by atoms with Gasteiger partial charge >= 0.3 is 5.97 Å². The standard InChI is InChI=1S/C51H85N9O12S/c1-12-30(9)41(48(68)56-37(51(71)72)24-28(5)6)58-45(65)36(25-32-16-18-33(62)19-17-32)55-44(64)35(23-27(3)4)54-43(63)34(20-22-73-11)53-46(66)38(26-61)57-49(69)42(31(10)13-2)59-47(67)39-15-14-21-60(39)50(70)40(52)29(7)8/h16-19,27-31,34-42,61-62H,12-15,20-26,52H2,1-11H3,(H,53,66)(H,54,63)(H,55,64)(H,56,68)(H,57,69)(H,58,65)(H,59,67)(H,71,72)/t30-,31-,34-,35-,36-,37-,38-,39-,40-,41-,42-/m0/s1. The van der Waals surface area contributed by atoms with Gasteiger partial charge in [-0.2, -0.15) is 11.8 Å². The number of hydrogen-bond acceptors (Lipinski definition) is 13. The van der Waals surface area contributed by atoms with Crippen LogP contribution in [-0.2, 0) is 49.6 Å². The van der Waals surface area contributed by atoms with Crippen molar-refractivity contribution in [3.05, 3.63) is 29.8 Å². The van der Waals surface area contributed by atoms with Crippen LogP contribution in [0.4, 0.5) is 0 Å². The normalized spacial score (nSPS) is 17.7. The number of phenols is 1. The number of nitrogens with one attached hydrogen (secondary N) is 7. The van der Waals surface area contributed by atoms with E-state index in [9.17, 15) is 58.5 Å². The first-order valence-corrected chi connectivity index (χ1v) is 27.0. The molecule has 21 nitrogen and oxygen atoms in total. The first-order valence-electron chi connectivity index (χ1n) is 25.6. The average Bonchev–Trinajstić information content (AvgIpc) is 3.84. The van der Waals surface area contributed by atoms with Crippen molar-refractivity contribution in [2.45, 2.75) is 175 Å². The Bertz CT molecular complexity index is 2010. The highest BCUT2D eigenvalue weighted by atomic mass is 32.2. The minimum atomic E-state index is -1.57. The Kier molecular flexibility index (Phi) is 27.3. The Morgan fingerprint density at radius 1 is 0.658 bits per heavy atom. The number of hydrogen-bond donors (Lipinski definition) is 11. The number of nitrogens with two attached hydrogens (primary N) is 1. The number of carbonyl (C=O) groups is 9. The molecule has 1 aromatic rings. The van der Waals surface area contributed by atoms with Crippen LogP contribution < -0.4 is 43.0 Å². The summed E-state index contributed by atoms with van der Waals surface area (Å²) in [5.41, 5.74) is 6.66. The SMILES string of the molecule is CC[C@H](C)[C@H](NC(=O)[C@H](Cc1ccc(O)cc1)NC(=O)[C@H](CC(C)C)NC(=O)[C@H](CCSC)NC(=O)[C@H](CO)NC(=O)[C@@H](NC(=O)[C@@H]1CCCN1C(=O)[C@@H](N)C(C)C)[C@@H](C)CC)C(=O)N[C@@H](CC(C)C)C(=O)O. The molecule has 1 heterocycles. The Balaban J connectivity index is 2.39. The number of carbonyl (C=O) groups excluding carboxylic acids is 8. The van der Waals surface area contributed by atoms with Crippen LogP contribution in [0.25, 0.3) is 0 Å². The lowest BCUT2D eigenvalue weighted by atomic mass is 9.96. The van der Waals surface area contributed by atoms with Crippen LogP contribution in [0.2, 0.25) is 0 Å². The summed E-state index contributed by atoms with van der Waals surface area (Å²) in [7, 11) is 0. The van der Waals surface area contributed by atoms with Crippen molar-refractivity contribution < 1.29 is 58.5 Å². The van der Waals surface area contributed by atoms with E-state index in [-0.39, 0.29) is 55.1 Å². The fraction of sp³-hybridized carbons (Fsp3) is 0.706. The minimum Gasteiger partial charge on any atom is -0.508 e. The lowest BCUT2D eigenvalue weighted by molar-refractivity contribution is -0.143. The number of thioether (sulfide) groups is 1. The molecule has 412 valence electrons. The van der Waals surface area contributed by atoms with Crippen molar-refractivity contribution in [3.63, 3.8) is 0 Å². The second-order valence-corrected chi connectivity index (χ2v) is 21.4. The van der Waals surface area contributed by atoms with Crippen molar-refractivity contribution in [1.82, 2.24) is 42.1 Å². The number of carboxylic acids is 1. The number of likely N-dealkylation sites (tertiary alicyclic amines) is 1. The van der Waals surface area contributed by atoms with Crippen LogP contribution in [0.3, 0.4) is 0 Å². The predicted molar refractivity (Wildman–Crippen MR) is 278 cm³/mol. The molecule has 1 aliphatic rings. The number of phenolic OH excluding ortho intramolecular Hbond substituents is 1. The third-order valence-corrected chi connectivity index (χ3v) is 13.8. The highest BCUT2D eigenvalue weighted by Gasteiger charge is 2.40. The molecule has 11 atom stereocenters. The van der Waals surface area contributed by atoms with Gasteiger partial charge in [0.2, 0.25) is 47.3 Å². The van der Waals surface area contributed by atoms with Crippen LogP contribution in [-0.4, -0.2) is 153 Å². The summed E-state index contributed by atoms with van der Waals surface area (Å²) in [6.45, 7) is 17.4. The van der Waals surface area contributed by atoms with Crippen molar-refractivity contribution in [2.75, 3.05) is 25.2 Å². The van der Waals surface area contributed by atoms with E-state index < -0.39 is 120 Å².